The molecule has 1 aromatic heterocycles. The van der Waals surface area contributed by atoms with Crippen molar-refractivity contribution in [3.63, 3.8) is 0 Å². The minimum absolute atomic E-state index is 0.0676. The molecule has 0 unspecified atom stereocenters. The maximum atomic E-state index is 11.4. The molecule has 96 valence electrons. The Balaban J connectivity index is 3.26. The Morgan fingerprint density at radius 3 is 2.61 bits per heavy atom. The summed E-state index contributed by atoms with van der Waals surface area (Å²) >= 11 is 0. The maximum Gasteiger partial charge on any atom is 0.357 e. The van der Waals surface area contributed by atoms with Crippen LogP contribution in [-0.4, -0.2) is 36.1 Å². The Hall–Kier alpha value is -2.57. The molecule has 0 aliphatic carbocycles. The monoisotopic (exact) mass is 252 g/mol. The van der Waals surface area contributed by atoms with Crippen LogP contribution in [0.4, 0.5) is 0 Å². The summed E-state index contributed by atoms with van der Waals surface area (Å²) in [6.07, 6.45) is 2.20. The highest BCUT2D eigenvalue weighted by Gasteiger charge is 2.11. The van der Waals surface area contributed by atoms with Gasteiger partial charge in [-0.05, 0) is 12.1 Å². The average Bonchev–Trinajstić information content (AvgIpc) is 2.39. The molecule has 0 fully saturated rings. The molecule has 7 nitrogen and oxygen atoms in total. The largest absolute Gasteiger partial charge is 0.466 e. The molecular formula is C11H12N2O5. The van der Waals surface area contributed by atoms with Crippen molar-refractivity contribution in [2.24, 2.45) is 4.99 Å². The first-order valence-electron chi connectivity index (χ1n) is 4.88. The van der Waals surface area contributed by atoms with E-state index >= 15 is 0 Å². The fourth-order valence-electron chi connectivity index (χ4n) is 1.05. The van der Waals surface area contributed by atoms with Crippen molar-refractivity contribution in [3.05, 3.63) is 41.7 Å². The molecule has 0 aliphatic rings. The molecule has 0 saturated carbocycles. The van der Waals surface area contributed by atoms with E-state index in [1.54, 1.807) is 12.1 Å². The molecule has 1 rings (SSSR count). The Morgan fingerprint density at radius 1 is 1.33 bits per heavy atom. The first kappa shape index (κ1) is 13.5. The van der Waals surface area contributed by atoms with E-state index in [4.69, 9.17) is 0 Å². The number of methoxy groups -OCH3 is 2. The lowest BCUT2D eigenvalue weighted by Crippen LogP contribution is -2.19. The number of rotatable bonds is 3. The summed E-state index contributed by atoms with van der Waals surface area (Å²) in [6.45, 7) is 0. The standard InChI is InChI=1S/C11H12N2O5/c1-17-10(14)7-8(11(15)18-2)12-9-5-3-4-6-13(9)16/h3-7,16H,1-2H3/b8-7+,12-9?. The van der Waals surface area contributed by atoms with Crippen molar-refractivity contribution in [2.75, 3.05) is 14.2 Å². The van der Waals surface area contributed by atoms with Crippen LogP contribution in [0.2, 0.25) is 0 Å². The second kappa shape index (κ2) is 6.24. The summed E-state index contributed by atoms with van der Waals surface area (Å²) in [5, 5.41) is 9.43. The highest BCUT2D eigenvalue weighted by molar-refractivity contribution is 5.95. The lowest BCUT2D eigenvalue weighted by molar-refractivity contribution is -0.138. The van der Waals surface area contributed by atoms with Crippen molar-refractivity contribution < 1.29 is 24.3 Å². The molecule has 0 aromatic carbocycles. The van der Waals surface area contributed by atoms with Gasteiger partial charge in [0.2, 0.25) is 0 Å². The number of hydrogen-bond donors (Lipinski definition) is 1. The van der Waals surface area contributed by atoms with Crippen LogP contribution in [0.1, 0.15) is 0 Å². The van der Waals surface area contributed by atoms with E-state index in [0.29, 0.717) is 4.73 Å². The number of ether oxygens (including phenoxy) is 2. The van der Waals surface area contributed by atoms with Gasteiger partial charge in [0.15, 0.2) is 11.2 Å². The lowest BCUT2D eigenvalue weighted by Gasteiger charge is -2.01. The van der Waals surface area contributed by atoms with Gasteiger partial charge in [-0.1, -0.05) is 6.07 Å². The maximum absolute atomic E-state index is 11.4. The molecule has 0 amide bonds. The Labute approximate surface area is 103 Å². The molecule has 0 saturated heterocycles. The number of pyridine rings is 1. The van der Waals surface area contributed by atoms with Gasteiger partial charge in [-0.3, -0.25) is 0 Å². The van der Waals surface area contributed by atoms with Crippen LogP contribution in [0, 0.1) is 0 Å². The van der Waals surface area contributed by atoms with Crippen molar-refractivity contribution in [1.29, 1.82) is 0 Å². The van der Waals surface area contributed by atoms with Crippen molar-refractivity contribution in [1.82, 2.24) is 4.73 Å². The highest BCUT2D eigenvalue weighted by Crippen LogP contribution is 1.99. The summed E-state index contributed by atoms with van der Waals surface area (Å²) in [5.74, 6) is -1.57. The molecule has 1 aromatic rings. The number of nitrogens with zero attached hydrogens (tertiary/aromatic N) is 2. The zero-order chi connectivity index (χ0) is 13.5. The van der Waals surface area contributed by atoms with E-state index in [9.17, 15) is 14.8 Å². The molecule has 0 spiro atoms. The number of hydrogen-bond acceptors (Lipinski definition) is 6. The Morgan fingerprint density at radius 2 is 2.06 bits per heavy atom. The average molecular weight is 252 g/mol. The van der Waals surface area contributed by atoms with Crippen LogP contribution in [0.5, 0.6) is 0 Å². The molecule has 0 radical (unpaired) electrons. The van der Waals surface area contributed by atoms with Crippen LogP contribution in [0.25, 0.3) is 0 Å². The normalized spacial score (nSPS) is 12.1. The fourth-order valence-corrected chi connectivity index (χ4v) is 1.05. The summed E-state index contributed by atoms with van der Waals surface area (Å²) in [4.78, 5) is 26.3. The first-order valence-corrected chi connectivity index (χ1v) is 4.88. The van der Waals surface area contributed by atoms with Crippen LogP contribution in [0.3, 0.4) is 0 Å². The second-order valence-corrected chi connectivity index (χ2v) is 3.06. The highest BCUT2D eigenvalue weighted by atomic mass is 16.5. The van der Waals surface area contributed by atoms with E-state index in [-0.39, 0.29) is 11.2 Å². The Kier molecular flexibility index (Phi) is 4.67. The molecule has 0 bridgehead atoms. The van der Waals surface area contributed by atoms with Crippen molar-refractivity contribution >= 4 is 11.9 Å². The summed E-state index contributed by atoms with van der Waals surface area (Å²) in [7, 11) is 2.32. The van der Waals surface area contributed by atoms with Gasteiger partial charge >= 0.3 is 11.9 Å². The smallest absolute Gasteiger partial charge is 0.357 e. The zero-order valence-corrected chi connectivity index (χ0v) is 9.86. The second-order valence-electron chi connectivity index (χ2n) is 3.06. The van der Waals surface area contributed by atoms with E-state index in [2.05, 4.69) is 14.5 Å². The molecule has 1 N–H and O–H groups in total. The third-order valence-electron chi connectivity index (χ3n) is 1.90. The van der Waals surface area contributed by atoms with E-state index in [1.165, 1.54) is 19.4 Å². The van der Waals surface area contributed by atoms with Gasteiger partial charge in [-0.15, -0.1) is 0 Å². The number of aromatic nitrogens is 1. The van der Waals surface area contributed by atoms with Crippen molar-refractivity contribution in [2.45, 2.75) is 0 Å². The minimum Gasteiger partial charge on any atom is -0.466 e. The topological polar surface area (TPSA) is 90.1 Å². The molecule has 0 aliphatic heterocycles. The fraction of sp³-hybridized carbons (Fsp3) is 0.182. The van der Waals surface area contributed by atoms with Crippen molar-refractivity contribution in [3.8, 4) is 0 Å². The summed E-state index contributed by atoms with van der Waals surface area (Å²) < 4.78 is 9.56. The van der Waals surface area contributed by atoms with Gasteiger partial charge in [0.1, 0.15) is 0 Å². The Bertz CT molecular complexity index is 544. The molecule has 1 heterocycles. The third-order valence-corrected chi connectivity index (χ3v) is 1.90. The van der Waals surface area contributed by atoms with Gasteiger partial charge in [-0.25, -0.2) is 14.6 Å². The van der Waals surface area contributed by atoms with Gasteiger partial charge in [0.05, 0.1) is 20.3 Å². The quantitative estimate of drug-likeness (QED) is 0.459. The summed E-state index contributed by atoms with van der Waals surface area (Å²) in [5.41, 5.74) is -0.212. The molecule has 0 atom stereocenters. The van der Waals surface area contributed by atoms with Gasteiger partial charge in [-0.2, -0.15) is 4.73 Å². The first-order chi connectivity index (χ1) is 8.58. The number of esters is 2. The predicted octanol–water partition coefficient (Wildman–Crippen LogP) is -0.144. The van der Waals surface area contributed by atoms with Gasteiger partial charge in [0, 0.05) is 6.20 Å². The van der Waals surface area contributed by atoms with Crippen LogP contribution in [-0.2, 0) is 19.1 Å². The molecule has 7 heteroatoms. The van der Waals surface area contributed by atoms with E-state index < -0.39 is 11.9 Å². The predicted molar refractivity (Wildman–Crippen MR) is 59.3 cm³/mol. The van der Waals surface area contributed by atoms with E-state index in [1.807, 2.05) is 0 Å². The van der Waals surface area contributed by atoms with Gasteiger partial charge in [0.25, 0.3) is 0 Å². The summed E-state index contributed by atoms with van der Waals surface area (Å²) in [6, 6.07) is 4.63. The van der Waals surface area contributed by atoms with Crippen LogP contribution in [0.15, 0.2) is 41.2 Å². The minimum atomic E-state index is -0.816. The SMILES string of the molecule is COC(=O)/C=C(/N=c1ccccn1O)C(=O)OC. The molecule has 18 heavy (non-hydrogen) atoms. The lowest BCUT2D eigenvalue weighted by atomic mass is 10.4. The van der Waals surface area contributed by atoms with Crippen LogP contribution >= 0.6 is 0 Å². The number of carbonyl (C=O) groups is 2. The van der Waals surface area contributed by atoms with Gasteiger partial charge < -0.3 is 14.7 Å². The van der Waals surface area contributed by atoms with Crippen LogP contribution < -0.4 is 5.49 Å². The zero-order valence-electron chi connectivity index (χ0n) is 9.86. The van der Waals surface area contributed by atoms with E-state index in [0.717, 1.165) is 13.2 Å². The molecular weight excluding hydrogens is 240 g/mol. The third kappa shape index (κ3) is 3.48. The number of carbonyl (C=O) groups excluding carboxylic acids is 2.